The van der Waals surface area contributed by atoms with Crippen molar-refractivity contribution >= 4 is 11.5 Å². The highest BCUT2D eigenvalue weighted by Crippen LogP contribution is 2.44. The zero-order valence-corrected chi connectivity index (χ0v) is 19.2. The molecule has 0 aliphatic carbocycles. The van der Waals surface area contributed by atoms with Crippen LogP contribution < -0.4 is 0 Å². The number of aromatic nitrogens is 1. The van der Waals surface area contributed by atoms with Crippen LogP contribution in [-0.2, 0) is 11.3 Å². The number of hydrogen-bond donors (Lipinski definition) is 0. The zero-order chi connectivity index (χ0) is 23.5. The van der Waals surface area contributed by atoms with Crippen LogP contribution in [0.1, 0.15) is 53.8 Å². The number of ether oxygens (including phenoxy) is 1. The molecule has 0 amide bonds. The standard InChI is InChI=1S/C29H29FN2O/c1-19(24-11-7-6-8-12-24)29(28-13-9-10-16-31-28)32-18-26-15-14-25(17-27(26)21(32)3)23(5)33-22(4)20(2)30/h6-17,19-20,29H,3-5,18H2,1-2H3/t19?,20?,29-/m0/s1. The number of pyridine rings is 1. The lowest BCUT2D eigenvalue weighted by molar-refractivity contribution is 0.265. The van der Waals surface area contributed by atoms with Crippen LogP contribution in [0.5, 0.6) is 0 Å². The lowest BCUT2D eigenvalue weighted by atomic mass is 9.89. The molecule has 2 unspecified atom stereocenters. The Morgan fingerprint density at radius 3 is 2.42 bits per heavy atom. The summed E-state index contributed by atoms with van der Waals surface area (Å²) in [5.41, 5.74) is 6.18. The first-order valence-corrected chi connectivity index (χ1v) is 11.1. The van der Waals surface area contributed by atoms with E-state index in [9.17, 15) is 4.39 Å². The topological polar surface area (TPSA) is 25.4 Å². The molecule has 0 N–H and O–H groups in total. The van der Waals surface area contributed by atoms with Crippen molar-refractivity contribution in [3.05, 3.63) is 126 Å². The summed E-state index contributed by atoms with van der Waals surface area (Å²) >= 11 is 0. The Hall–Kier alpha value is -3.66. The van der Waals surface area contributed by atoms with Crippen LogP contribution in [0.15, 0.2) is 98.4 Å². The van der Waals surface area contributed by atoms with Crippen LogP contribution in [0.4, 0.5) is 4.39 Å². The molecule has 0 fully saturated rings. The van der Waals surface area contributed by atoms with Crippen molar-refractivity contribution in [3.63, 3.8) is 0 Å². The summed E-state index contributed by atoms with van der Waals surface area (Å²) in [4.78, 5) is 7.02. The predicted molar refractivity (Wildman–Crippen MR) is 133 cm³/mol. The van der Waals surface area contributed by atoms with Gasteiger partial charge in [0, 0.05) is 35.5 Å². The lowest BCUT2D eigenvalue weighted by Crippen LogP contribution is -2.27. The van der Waals surface area contributed by atoms with Gasteiger partial charge < -0.3 is 9.64 Å². The zero-order valence-electron chi connectivity index (χ0n) is 19.2. The van der Waals surface area contributed by atoms with Gasteiger partial charge in [-0.1, -0.05) is 75.2 Å². The Morgan fingerprint density at radius 1 is 1.03 bits per heavy atom. The predicted octanol–water partition coefficient (Wildman–Crippen LogP) is 7.27. The molecule has 0 saturated heterocycles. The summed E-state index contributed by atoms with van der Waals surface area (Å²) in [7, 11) is 0. The average molecular weight is 441 g/mol. The monoisotopic (exact) mass is 440 g/mol. The highest BCUT2D eigenvalue weighted by molar-refractivity contribution is 5.73. The van der Waals surface area contributed by atoms with Crippen molar-refractivity contribution in [3.8, 4) is 0 Å². The van der Waals surface area contributed by atoms with Crippen LogP contribution in [0.3, 0.4) is 0 Å². The number of hydrogen-bond acceptors (Lipinski definition) is 3. The maximum Gasteiger partial charge on any atom is 0.154 e. The van der Waals surface area contributed by atoms with E-state index in [4.69, 9.17) is 9.72 Å². The Morgan fingerprint density at radius 2 is 1.76 bits per heavy atom. The average Bonchev–Trinajstić information content (AvgIpc) is 3.15. The van der Waals surface area contributed by atoms with E-state index >= 15 is 0 Å². The minimum Gasteiger partial charge on any atom is -0.459 e. The minimum absolute atomic E-state index is 0.0172. The molecule has 0 saturated carbocycles. The largest absolute Gasteiger partial charge is 0.459 e. The molecular weight excluding hydrogens is 411 g/mol. The molecule has 3 aromatic rings. The second kappa shape index (κ2) is 9.45. The van der Waals surface area contributed by atoms with Crippen molar-refractivity contribution in [2.24, 2.45) is 0 Å². The van der Waals surface area contributed by atoms with Crippen LogP contribution in [0, 0.1) is 0 Å². The Kier molecular flexibility index (Phi) is 6.45. The lowest BCUT2D eigenvalue weighted by Gasteiger charge is -2.35. The summed E-state index contributed by atoms with van der Waals surface area (Å²) in [6.07, 6.45) is 0.574. The van der Waals surface area contributed by atoms with E-state index in [1.807, 2.05) is 36.5 Å². The smallest absolute Gasteiger partial charge is 0.154 e. The molecule has 2 heterocycles. The molecule has 4 rings (SSSR count). The third kappa shape index (κ3) is 4.61. The van der Waals surface area contributed by atoms with Gasteiger partial charge in [-0.2, -0.15) is 0 Å². The van der Waals surface area contributed by atoms with Gasteiger partial charge in [0.15, 0.2) is 6.17 Å². The highest BCUT2D eigenvalue weighted by Gasteiger charge is 2.34. The van der Waals surface area contributed by atoms with E-state index < -0.39 is 6.17 Å². The van der Waals surface area contributed by atoms with Crippen molar-refractivity contribution in [1.29, 1.82) is 0 Å². The van der Waals surface area contributed by atoms with E-state index in [0.717, 1.165) is 29.1 Å². The first kappa shape index (κ1) is 22.5. The highest BCUT2D eigenvalue weighted by atomic mass is 19.1. The molecule has 4 heteroatoms. The molecule has 3 nitrogen and oxygen atoms in total. The quantitative estimate of drug-likeness (QED) is 0.344. The Labute approximate surface area is 195 Å². The summed E-state index contributed by atoms with van der Waals surface area (Å²) in [5.74, 6) is 0.615. The first-order chi connectivity index (χ1) is 15.9. The maximum absolute atomic E-state index is 13.5. The van der Waals surface area contributed by atoms with Gasteiger partial charge in [-0.15, -0.1) is 0 Å². The maximum atomic E-state index is 13.5. The van der Waals surface area contributed by atoms with Crippen LogP contribution in [-0.4, -0.2) is 16.1 Å². The number of fused-ring (bicyclic) bond motifs is 1. The first-order valence-electron chi connectivity index (χ1n) is 11.1. The van der Waals surface area contributed by atoms with Crippen molar-refractivity contribution in [1.82, 2.24) is 9.88 Å². The third-order valence-electron chi connectivity index (χ3n) is 6.25. The van der Waals surface area contributed by atoms with Gasteiger partial charge in [0.1, 0.15) is 11.5 Å². The number of rotatable bonds is 8. The van der Waals surface area contributed by atoms with E-state index in [-0.39, 0.29) is 17.7 Å². The summed E-state index contributed by atoms with van der Waals surface area (Å²) in [6.45, 7) is 16.4. The molecule has 33 heavy (non-hydrogen) atoms. The number of halogens is 1. The number of benzene rings is 2. The van der Waals surface area contributed by atoms with Crippen LogP contribution in [0.2, 0.25) is 0 Å². The van der Waals surface area contributed by atoms with Gasteiger partial charge in [-0.25, -0.2) is 4.39 Å². The third-order valence-corrected chi connectivity index (χ3v) is 6.25. The van der Waals surface area contributed by atoms with Crippen LogP contribution in [0.25, 0.3) is 11.5 Å². The van der Waals surface area contributed by atoms with Crippen LogP contribution >= 0.6 is 0 Å². The molecular formula is C29H29FN2O. The summed E-state index contributed by atoms with van der Waals surface area (Å²) in [5, 5.41) is 0. The Bertz CT molecular complexity index is 1170. The number of allylic oxidation sites excluding steroid dienone is 1. The van der Waals surface area contributed by atoms with E-state index in [2.05, 4.69) is 68.0 Å². The van der Waals surface area contributed by atoms with Crippen molar-refractivity contribution in [2.45, 2.75) is 38.5 Å². The fourth-order valence-electron chi connectivity index (χ4n) is 4.33. The molecule has 1 aliphatic rings. The number of nitrogens with zero attached hydrogens (tertiary/aromatic N) is 2. The fourth-order valence-corrected chi connectivity index (χ4v) is 4.33. The van der Waals surface area contributed by atoms with Crippen molar-refractivity contribution in [2.75, 3.05) is 0 Å². The second-order valence-electron chi connectivity index (χ2n) is 8.45. The fraction of sp³-hybridized carbons (Fsp3) is 0.207. The van der Waals surface area contributed by atoms with Crippen molar-refractivity contribution < 1.29 is 9.13 Å². The molecule has 3 atom stereocenters. The summed E-state index contributed by atoms with van der Waals surface area (Å²) < 4.78 is 19.0. The van der Waals surface area contributed by atoms with Gasteiger partial charge in [0.25, 0.3) is 0 Å². The molecule has 2 aromatic carbocycles. The SMILES string of the molecule is C=C(OC(=C)C(C)F)c1ccc2c(c1)C(=C)N([C@H](c1ccccn1)C(C)c1ccccc1)C2. The second-order valence-corrected chi connectivity index (χ2v) is 8.45. The number of alkyl halides is 1. The molecule has 1 aromatic heterocycles. The summed E-state index contributed by atoms with van der Waals surface area (Å²) in [6, 6.07) is 22.6. The molecule has 0 bridgehead atoms. The molecule has 168 valence electrons. The van der Waals surface area contributed by atoms with E-state index in [1.54, 1.807) is 0 Å². The van der Waals surface area contributed by atoms with E-state index in [1.165, 1.54) is 18.1 Å². The minimum atomic E-state index is -1.26. The normalized spacial score (nSPS) is 15.5. The van der Waals surface area contributed by atoms with Gasteiger partial charge in [0.05, 0.1) is 11.7 Å². The Balaban J connectivity index is 1.66. The molecule has 1 aliphatic heterocycles. The van der Waals surface area contributed by atoms with E-state index in [0.29, 0.717) is 5.76 Å². The molecule has 0 radical (unpaired) electrons. The molecule has 0 spiro atoms. The van der Waals surface area contributed by atoms with Gasteiger partial charge in [0.2, 0.25) is 0 Å². The van der Waals surface area contributed by atoms with Gasteiger partial charge >= 0.3 is 0 Å². The van der Waals surface area contributed by atoms with Gasteiger partial charge in [-0.3, -0.25) is 4.98 Å². The van der Waals surface area contributed by atoms with Gasteiger partial charge in [-0.05, 0) is 36.2 Å².